The molecular weight excluding hydrogens is 226 g/mol. The van der Waals surface area contributed by atoms with Crippen LogP contribution in [0.1, 0.15) is 24.7 Å². The maximum Gasteiger partial charge on any atom is 0.128 e. The highest BCUT2D eigenvalue weighted by molar-refractivity contribution is 5.66. The molecule has 18 heavy (non-hydrogen) atoms. The maximum atomic E-state index is 5.37. The van der Waals surface area contributed by atoms with Crippen molar-refractivity contribution in [3.63, 3.8) is 0 Å². The monoisotopic (exact) mass is 243 g/mol. The summed E-state index contributed by atoms with van der Waals surface area (Å²) in [4.78, 5) is 7.87. The number of imidazole rings is 1. The Balaban J connectivity index is 1.92. The molecule has 3 rings (SSSR count). The van der Waals surface area contributed by atoms with Crippen molar-refractivity contribution >= 4 is 0 Å². The first-order chi connectivity index (χ1) is 8.88. The molecule has 2 N–H and O–H groups in total. The Bertz CT molecular complexity index is 529. The quantitative estimate of drug-likeness (QED) is 0.870. The van der Waals surface area contributed by atoms with Gasteiger partial charge >= 0.3 is 0 Å². The minimum atomic E-state index is 0.369. The summed E-state index contributed by atoms with van der Waals surface area (Å²) in [5.74, 6) is 1.89. The summed E-state index contributed by atoms with van der Waals surface area (Å²) in [5, 5.41) is 3.44. The molecule has 2 heterocycles. The topological polar surface area (TPSA) is 49.9 Å². The molecule has 0 unspecified atom stereocenters. The minimum absolute atomic E-state index is 0.369. The van der Waals surface area contributed by atoms with Crippen LogP contribution in [-0.4, -0.2) is 23.6 Å². The van der Waals surface area contributed by atoms with Gasteiger partial charge in [0, 0.05) is 5.56 Å². The second-order valence-corrected chi connectivity index (χ2v) is 4.53. The molecule has 4 nitrogen and oxygen atoms in total. The van der Waals surface area contributed by atoms with Crippen molar-refractivity contribution in [3.8, 4) is 17.0 Å². The Morgan fingerprint density at radius 3 is 3.00 bits per heavy atom. The third-order valence-electron chi connectivity index (χ3n) is 3.38. The first kappa shape index (κ1) is 11.3. The summed E-state index contributed by atoms with van der Waals surface area (Å²) in [7, 11) is 1.69. The highest BCUT2D eigenvalue weighted by atomic mass is 16.5. The van der Waals surface area contributed by atoms with Gasteiger partial charge in [0.15, 0.2) is 0 Å². The lowest BCUT2D eigenvalue weighted by atomic mass is 10.1. The van der Waals surface area contributed by atoms with Crippen LogP contribution in [0.3, 0.4) is 0 Å². The molecule has 0 aliphatic carbocycles. The van der Waals surface area contributed by atoms with Gasteiger partial charge in [-0.2, -0.15) is 0 Å². The summed E-state index contributed by atoms with van der Waals surface area (Å²) < 4.78 is 5.37. The van der Waals surface area contributed by atoms with Crippen molar-refractivity contribution < 1.29 is 4.74 Å². The molecule has 0 saturated carbocycles. The number of benzene rings is 1. The number of H-pyrrole nitrogens is 1. The number of hydrogen-bond acceptors (Lipinski definition) is 3. The summed E-state index contributed by atoms with van der Waals surface area (Å²) in [6.45, 7) is 1.08. The summed E-state index contributed by atoms with van der Waals surface area (Å²) in [5.41, 5.74) is 2.06. The van der Waals surface area contributed by atoms with Gasteiger partial charge < -0.3 is 15.0 Å². The van der Waals surface area contributed by atoms with Crippen molar-refractivity contribution in [1.82, 2.24) is 15.3 Å². The van der Waals surface area contributed by atoms with Gasteiger partial charge in [-0.15, -0.1) is 0 Å². The van der Waals surface area contributed by atoms with Crippen LogP contribution in [0.25, 0.3) is 11.3 Å². The molecule has 4 heteroatoms. The molecule has 94 valence electrons. The zero-order valence-electron chi connectivity index (χ0n) is 10.4. The summed E-state index contributed by atoms with van der Waals surface area (Å²) in [6.07, 6.45) is 4.25. The van der Waals surface area contributed by atoms with Gasteiger partial charge in [0.05, 0.1) is 25.0 Å². The van der Waals surface area contributed by atoms with Crippen LogP contribution in [0.2, 0.25) is 0 Å². The third kappa shape index (κ3) is 1.99. The van der Waals surface area contributed by atoms with Gasteiger partial charge in [-0.3, -0.25) is 0 Å². The maximum absolute atomic E-state index is 5.37. The third-order valence-corrected chi connectivity index (χ3v) is 3.38. The van der Waals surface area contributed by atoms with Crippen LogP contribution >= 0.6 is 0 Å². The van der Waals surface area contributed by atoms with Crippen LogP contribution in [0.5, 0.6) is 5.75 Å². The van der Waals surface area contributed by atoms with Crippen molar-refractivity contribution in [1.29, 1.82) is 0 Å². The van der Waals surface area contributed by atoms with Gasteiger partial charge in [-0.25, -0.2) is 4.98 Å². The van der Waals surface area contributed by atoms with E-state index < -0.39 is 0 Å². The predicted octanol–water partition coefficient (Wildman–Crippen LogP) is 2.51. The Labute approximate surface area is 106 Å². The van der Waals surface area contributed by atoms with Gasteiger partial charge in [0.1, 0.15) is 11.6 Å². The number of aromatic amines is 1. The van der Waals surface area contributed by atoms with E-state index in [9.17, 15) is 0 Å². The Morgan fingerprint density at radius 1 is 1.33 bits per heavy atom. The highest BCUT2D eigenvalue weighted by Crippen LogP contribution is 2.29. The molecule has 1 aromatic heterocycles. The number of hydrogen-bond donors (Lipinski definition) is 2. The number of para-hydroxylation sites is 1. The van der Waals surface area contributed by atoms with Gasteiger partial charge in [-0.05, 0) is 31.5 Å². The molecule has 0 radical (unpaired) electrons. The average molecular weight is 243 g/mol. The first-order valence-electron chi connectivity index (χ1n) is 6.30. The van der Waals surface area contributed by atoms with E-state index in [1.165, 1.54) is 6.42 Å². The Kier molecular flexibility index (Phi) is 3.02. The lowest BCUT2D eigenvalue weighted by molar-refractivity contribution is 0.416. The van der Waals surface area contributed by atoms with Gasteiger partial charge in [0.2, 0.25) is 0 Å². The number of aromatic nitrogens is 2. The van der Waals surface area contributed by atoms with Crippen LogP contribution in [0.4, 0.5) is 0 Å². The normalized spacial score (nSPS) is 19.1. The van der Waals surface area contributed by atoms with E-state index in [0.717, 1.165) is 35.8 Å². The highest BCUT2D eigenvalue weighted by Gasteiger charge is 2.19. The van der Waals surface area contributed by atoms with Gasteiger partial charge in [0.25, 0.3) is 0 Å². The molecular formula is C14H17N3O. The fourth-order valence-corrected chi connectivity index (χ4v) is 2.44. The zero-order chi connectivity index (χ0) is 12.4. The molecule has 0 spiro atoms. The second kappa shape index (κ2) is 4.82. The molecule has 1 aromatic carbocycles. The average Bonchev–Trinajstić information content (AvgIpc) is 3.09. The molecule has 2 aromatic rings. The summed E-state index contributed by atoms with van der Waals surface area (Å²) >= 11 is 0. The van der Waals surface area contributed by atoms with E-state index in [4.69, 9.17) is 4.74 Å². The standard InChI is InChI=1S/C14H17N3O/c1-18-13-7-3-2-5-10(13)12-9-16-14(17-12)11-6-4-8-15-11/h2-3,5,7,9,11,15H,4,6,8H2,1H3,(H,16,17)/t11-/m0/s1. The SMILES string of the molecule is COc1ccccc1-c1cnc([C@@H]2CCCN2)[nH]1. The number of nitrogens with one attached hydrogen (secondary N) is 2. The lowest BCUT2D eigenvalue weighted by Gasteiger charge is -2.07. The molecule has 1 atom stereocenters. The molecule has 0 bridgehead atoms. The summed E-state index contributed by atoms with van der Waals surface area (Å²) in [6, 6.07) is 8.35. The van der Waals surface area contributed by atoms with Crippen molar-refractivity contribution in [2.24, 2.45) is 0 Å². The molecule has 1 aliphatic heterocycles. The second-order valence-electron chi connectivity index (χ2n) is 4.53. The van der Waals surface area contributed by atoms with Crippen molar-refractivity contribution in [2.75, 3.05) is 13.7 Å². The number of ether oxygens (including phenoxy) is 1. The number of nitrogens with zero attached hydrogens (tertiary/aromatic N) is 1. The van der Waals surface area contributed by atoms with Crippen LogP contribution in [-0.2, 0) is 0 Å². The fraction of sp³-hybridized carbons (Fsp3) is 0.357. The molecule has 1 aliphatic rings. The Morgan fingerprint density at radius 2 is 2.22 bits per heavy atom. The van der Waals surface area contributed by atoms with E-state index in [1.54, 1.807) is 7.11 Å². The number of methoxy groups -OCH3 is 1. The first-order valence-corrected chi connectivity index (χ1v) is 6.30. The van der Waals surface area contributed by atoms with E-state index in [-0.39, 0.29) is 0 Å². The van der Waals surface area contributed by atoms with Gasteiger partial charge in [-0.1, -0.05) is 12.1 Å². The van der Waals surface area contributed by atoms with E-state index >= 15 is 0 Å². The van der Waals surface area contributed by atoms with Crippen LogP contribution in [0.15, 0.2) is 30.5 Å². The van der Waals surface area contributed by atoms with Crippen LogP contribution < -0.4 is 10.1 Å². The zero-order valence-corrected chi connectivity index (χ0v) is 10.4. The van der Waals surface area contributed by atoms with E-state index in [1.807, 2.05) is 30.5 Å². The minimum Gasteiger partial charge on any atom is -0.496 e. The van der Waals surface area contributed by atoms with Crippen molar-refractivity contribution in [2.45, 2.75) is 18.9 Å². The smallest absolute Gasteiger partial charge is 0.128 e. The van der Waals surface area contributed by atoms with Crippen molar-refractivity contribution in [3.05, 3.63) is 36.3 Å². The largest absolute Gasteiger partial charge is 0.496 e. The molecule has 1 saturated heterocycles. The van der Waals surface area contributed by atoms with Crippen LogP contribution in [0, 0.1) is 0 Å². The molecule has 1 fully saturated rings. The predicted molar refractivity (Wildman–Crippen MR) is 70.6 cm³/mol. The Hall–Kier alpha value is -1.81. The van der Waals surface area contributed by atoms with E-state index in [2.05, 4.69) is 15.3 Å². The fourth-order valence-electron chi connectivity index (χ4n) is 2.44. The van der Waals surface area contributed by atoms with E-state index in [0.29, 0.717) is 6.04 Å². The number of rotatable bonds is 3. The molecule has 0 amide bonds. The lowest BCUT2D eigenvalue weighted by Crippen LogP contribution is -2.14.